The molecule has 30 heavy (non-hydrogen) atoms. The molecule has 6 nitrogen and oxygen atoms in total. The standard InChI is InChI=1S/C17H12F7N3O3/c1-9(26-27-13(28)12-6-3-7-30-12)10-4-2-5-11(8-10)25-14(29)15(18,19)16(20,21)17(22,23)24/h2-8H,1H3,(H,25,29)(H,27,28). The minimum Gasteiger partial charge on any atom is -0.459 e. The molecule has 1 aromatic carbocycles. The van der Waals surface area contributed by atoms with Gasteiger partial charge in [-0.05, 0) is 36.8 Å². The van der Waals surface area contributed by atoms with Crippen LogP contribution in [0.2, 0.25) is 0 Å². The van der Waals surface area contributed by atoms with Crippen LogP contribution in [0.1, 0.15) is 23.0 Å². The average molecular weight is 439 g/mol. The topological polar surface area (TPSA) is 83.7 Å². The van der Waals surface area contributed by atoms with Crippen molar-refractivity contribution in [3.8, 4) is 0 Å². The van der Waals surface area contributed by atoms with Gasteiger partial charge in [-0.3, -0.25) is 9.59 Å². The lowest BCUT2D eigenvalue weighted by atomic mass is 10.1. The van der Waals surface area contributed by atoms with Gasteiger partial charge < -0.3 is 9.73 Å². The molecule has 0 atom stereocenters. The largest absolute Gasteiger partial charge is 0.460 e. The lowest BCUT2D eigenvalue weighted by molar-refractivity contribution is -0.343. The quantitative estimate of drug-likeness (QED) is 0.402. The number of furan rings is 1. The molecule has 0 bridgehead atoms. The van der Waals surface area contributed by atoms with Gasteiger partial charge in [-0.2, -0.15) is 35.8 Å². The third-order valence-electron chi connectivity index (χ3n) is 3.64. The first-order valence-corrected chi connectivity index (χ1v) is 7.89. The van der Waals surface area contributed by atoms with Gasteiger partial charge in [0.1, 0.15) is 0 Å². The van der Waals surface area contributed by atoms with Crippen molar-refractivity contribution in [2.45, 2.75) is 24.9 Å². The second-order valence-corrected chi connectivity index (χ2v) is 5.80. The number of halogens is 7. The number of hydrazone groups is 1. The molecule has 0 aliphatic rings. The van der Waals surface area contributed by atoms with Crippen LogP contribution >= 0.6 is 0 Å². The summed E-state index contributed by atoms with van der Waals surface area (Å²) in [5.41, 5.74) is 1.86. The number of hydrogen-bond donors (Lipinski definition) is 2. The van der Waals surface area contributed by atoms with E-state index in [9.17, 15) is 40.3 Å². The Kier molecular flexibility index (Phi) is 6.23. The number of amides is 2. The fraction of sp³-hybridized carbons (Fsp3) is 0.235. The molecule has 162 valence electrons. The Bertz CT molecular complexity index is 954. The molecule has 0 spiro atoms. The van der Waals surface area contributed by atoms with Crippen molar-refractivity contribution in [3.05, 3.63) is 54.0 Å². The average Bonchev–Trinajstić information content (AvgIpc) is 3.19. The molecule has 1 aromatic heterocycles. The molecule has 2 amide bonds. The highest BCUT2D eigenvalue weighted by Gasteiger charge is 2.76. The minimum atomic E-state index is -6.63. The van der Waals surface area contributed by atoms with E-state index in [1.165, 1.54) is 42.8 Å². The normalized spacial score (nSPS) is 13.1. The van der Waals surface area contributed by atoms with E-state index in [2.05, 4.69) is 10.5 Å². The molecule has 0 saturated carbocycles. The second-order valence-electron chi connectivity index (χ2n) is 5.80. The Balaban J connectivity index is 2.16. The number of nitrogens with one attached hydrogen (secondary N) is 2. The molecule has 0 radical (unpaired) electrons. The number of hydrogen-bond acceptors (Lipinski definition) is 4. The zero-order valence-electron chi connectivity index (χ0n) is 14.9. The van der Waals surface area contributed by atoms with Crippen molar-refractivity contribution in [2.24, 2.45) is 5.10 Å². The number of rotatable bonds is 6. The van der Waals surface area contributed by atoms with Crippen molar-refractivity contribution >= 4 is 23.2 Å². The molecule has 2 aromatic rings. The number of benzene rings is 1. The Morgan fingerprint density at radius 3 is 2.23 bits per heavy atom. The molecule has 0 aliphatic carbocycles. The van der Waals surface area contributed by atoms with Crippen LogP contribution < -0.4 is 10.7 Å². The lowest BCUT2D eigenvalue weighted by Crippen LogP contribution is -2.57. The van der Waals surface area contributed by atoms with Crippen molar-refractivity contribution in [3.63, 3.8) is 0 Å². The summed E-state index contributed by atoms with van der Waals surface area (Å²) >= 11 is 0. The summed E-state index contributed by atoms with van der Waals surface area (Å²) in [5.74, 6) is -16.2. The molecule has 13 heteroatoms. The highest BCUT2D eigenvalue weighted by molar-refractivity contribution is 6.02. The molecule has 0 unspecified atom stereocenters. The van der Waals surface area contributed by atoms with Gasteiger partial charge in [0.15, 0.2) is 5.76 Å². The number of carbonyl (C=O) groups excluding carboxylic acids is 2. The predicted octanol–water partition coefficient (Wildman–Crippen LogP) is 4.21. The molecule has 0 saturated heterocycles. The van der Waals surface area contributed by atoms with Crippen molar-refractivity contribution in [2.75, 3.05) is 5.32 Å². The van der Waals surface area contributed by atoms with Crippen LogP contribution in [0.25, 0.3) is 0 Å². The molecule has 2 rings (SSSR count). The second kappa shape index (κ2) is 8.16. The third-order valence-corrected chi connectivity index (χ3v) is 3.64. The molecular formula is C17H12F7N3O3. The highest BCUT2D eigenvalue weighted by Crippen LogP contribution is 2.46. The van der Waals surface area contributed by atoms with E-state index in [0.717, 1.165) is 12.1 Å². The zero-order chi connectivity index (χ0) is 22.7. The number of nitrogens with zero attached hydrogens (tertiary/aromatic N) is 1. The molecule has 0 fully saturated rings. The van der Waals surface area contributed by atoms with Crippen molar-refractivity contribution < 1.29 is 44.7 Å². The third kappa shape index (κ3) is 4.60. The van der Waals surface area contributed by atoms with E-state index >= 15 is 0 Å². The van der Waals surface area contributed by atoms with Gasteiger partial charge in [0.05, 0.1) is 12.0 Å². The van der Waals surface area contributed by atoms with E-state index < -0.39 is 35.5 Å². The smallest absolute Gasteiger partial charge is 0.459 e. The first kappa shape index (κ1) is 22.9. The zero-order valence-corrected chi connectivity index (χ0v) is 14.9. The van der Waals surface area contributed by atoms with Crippen LogP contribution in [0.15, 0.2) is 52.2 Å². The Morgan fingerprint density at radius 1 is 1.00 bits per heavy atom. The fourth-order valence-corrected chi connectivity index (χ4v) is 2.01. The minimum absolute atomic E-state index is 0.0552. The van der Waals surface area contributed by atoms with Crippen LogP contribution in [-0.2, 0) is 4.79 Å². The molecular weight excluding hydrogens is 427 g/mol. The van der Waals surface area contributed by atoms with Gasteiger partial charge in [-0.25, -0.2) is 5.43 Å². The van der Waals surface area contributed by atoms with Gasteiger partial charge in [0.25, 0.3) is 0 Å². The fourth-order valence-electron chi connectivity index (χ4n) is 2.01. The van der Waals surface area contributed by atoms with E-state index in [1.807, 2.05) is 0 Å². The maximum absolute atomic E-state index is 13.4. The van der Waals surface area contributed by atoms with E-state index in [0.29, 0.717) is 0 Å². The van der Waals surface area contributed by atoms with Crippen molar-refractivity contribution in [1.29, 1.82) is 0 Å². The summed E-state index contributed by atoms with van der Waals surface area (Å²) < 4.78 is 94.1. The predicted molar refractivity (Wildman–Crippen MR) is 89.4 cm³/mol. The van der Waals surface area contributed by atoms with Crippen LogP contribution in [-0.4, -0.2) is 35.5 Å². The maximum Gasteiger partial charge on any atom is 0.460 e. The first-order chi connectivity index (χ1) is 13.8. The van der Waals surface area contributed by atoms with Gasteiger partial charge in [0.2, 0.25) is 0 Å². The SMILES string of the molecule is CC(=NNC(=O)c1ccco1)c1cccc(NC(=O)C(F)(F)C(F)(F)C(F)(F)F)c1. The summed E-state index contributed by atoms with van der Waals surface area (Å²) in [6.45, 7) is 1.37. The highest BCUT2D eigenvalue weighted by atomic mass is 19.4. The van der Waals surface area contributed by atoms with Crippen LogP contribution in [0.5, 0.6) is 0 Å². The summed E-state index contributed by atoms with van der Waals surface area (Å²) in [6.07, 6.45) is -5.39. The van der Waals surface area contributed by atoms with Gasteiger partial charge >= 0.3 is 29.8 Å². The van der Waals surface area contributed by atoms with E-state index in [-0.39, 0.29) is 17.0 Å². The van der Waals surface area contributed by atoms with Crippen LogP contribution in [0.3, 0.4) is 0 Å². The molecule has 2 N–H and O–H groups in total. The van der Waals surface area contributed by atoms with E-state index in [1.54, 1.807) is 0 Å². The summed E-state index contributed by atoms with van der Waals surface area (Å²) in [4.78, 5) is 23.1. The molecule has 1 heterocycles. The Labute approximate surface area is 163 Å². The lowest BCUT2D eigenvalue weighted by Gasteiger charge is -2.27. The van der Waals surface area contributed by atoms with Crippen LogP contribution in [0.4, 0.5) is 36.4 Å². The van der Waals surface area contributed by atoms with Gasteiger partial charge in [-0.1, -0.05) is 12.1 Å². The van der Waals surface area contributed by atoms with Gasteiger partial charge in [0, 0.05) is 5.69 Å². The number of anilines is 1. The summed E-state index contributed by atoms with van der Waals surface area (Å²) in [5, 5.41) is 5.04. The Morgan fingerprint density at radius 2 is 1.67 bits per heavy atom. The van der Waals surface area contributed by atoms with Crippen molar-refractivity contribution in [1.82, 2.24) is 5.43 Å². The number of carbonyl (C=O) groups is 2. The Hall–Kier alpha value is -3.38. The number of alkyl halides is 7. The summed E-state index contributed by atoms with van der Waals surface area (Å²) in [7, 11) is 0. The molecule has 0 aliphatic heterocycles. The monoisotopic (exact) mass is 439 g/mol. The summed E-state index contributed by atoms with van der Waals surface area (Å²) in [6, 6.07) is 7.33. The maximum atomic E-state index is 13.4. The van der Waals surface area contributed by atoms with E-state index in [4.69, 9.17) is 4.42 Å². The van der Waals surface area contributed by atoms with Gasteiger partial charge in [-0.15, -0.1) is 0 Å². The van der Waals surface area contributed by atoms with Crippen LogP contribution in [0, 0.1) is 0 Å². The first-order valence-electron chi connectivity index (χ1n) is 7.89.